The highest BCUT2D eigenvalue weighted by atomic mass is 16.4. The lowest BCUT2D eigenvalue weighted by Crippen LogP contribution is -2.57. The van der Waals surface area contributed by atoms with Crippen molar-refractivity contribution >= 4 is 35.6 Å². The summed E-state index contributed by atoms with van der Waals surface area (Å²) in [6, 6.07) is 5.01. The first kappa shape index (κ1) is 31.0. The van der Waals surface area contributed by atoms with E-state index in [-0.39, 0.29) is 50.5 Å². The molecule has 1 fully saturated rings. The Bertz CT molecular complexity index is 1020. The highest BCUT2D eigenvalue weighted by molar-refractivity contribution is 5.94. The molecular formula is C25H38N8O6. The summed E-state index contributed by atoms with van der Waals surface area (Å²) in [5.74, 6) is -3.92. The zero-order valence-electron chi connectivity index (χ0n) is 21.7. The van der Waals surface area contributed by atoms with Crippen molar-refractivity contribution in [1.82, 2.24) is 21.3 Å². The van der Waals surface area contributed by atoms with Gasteiger partial charge in [0, 0.05) is 19.4 Å². The maximum absolute atomic E-state index is 13.4. The summed E-state index contributed by atoms with van der Waals surface area (Å²) in [5, 5.41) is 20.4. The van der Waals surface area contributed by atoms with Crippen molar-refractivity contribution < 1.29 is 29.1 Å². The third kappa shape index (κ3) is 11.4. The monoisotopic (exact) mass is 546 g/mol. The third-order valence-corrected chi connectivity index (χ3v) is 6.16. The topological polar surface area (TPSA) is 244 Å². The van der Waals surface area contributed by atoms with Crippen LogP contribution >= 0.6 is 0 Å². The predicted molar refractivity (Wildman–Crippen MR) is 143 cm³/mol. The molecule has 14 heteroatoms. The molecule has 4 unspecified atom stereocenters. The maximum atomic E-state index is 13.4. The number of primary amides is 1. The van der Waals surface area contributed by atoms with Crippen LogP contribution in [0.1, 0.15) is 44.1 Å². The van der Waals surface area contributed by atoms with Crippen molar-refractivity contribution in [3.05, 3.63) is 35.9 Å². The van der Waals surface area contributed by atoms with Gasteiger partial charge >= 0.3 is 5.97 Å². The number of carbonyl (C=O) groups excluding carboxylic acids is 4. The van der Waals surface area contributed by atoms with Crippen LogP contribution in [-0.2, 0) is 30.4 Å². The Morgan fingerprint density at radius 1 is 0.949 bits per heavy atom. The molecular weight excluding hydrogens is 508 g/mol. The third-order valence-electron chi connectivity index (χ3n) is 6.16. The summed E-state index contributed by atoms with van der Waals surface area (Å²) in [5.41, 5.74) is 16.6. The zero-order chi connectivity index (χ0) is 28.8. The fraction of sp³-hybridized carbons (Fsp3) is 0.520. The Kier molecular flexibility index (Phi) is 12.7. The number of guanidine groups is 1. The van der Waals surface area contributed by atoms with E-state index in [1.54, 1.807) is 24.3 Å². The molecule has 4 atom stereocenters. The van der Waals surface area contributed by atoms with Crippen molar-refractivity contribution in [2.45, 2.75) is 69.1 Å². The number of rotatable bonds is 16. The summed E-state index contributed by atoms with van der Waals surface area (Å²) < 4.78 is 0. The molecule has 214 valence electrons. The van der Waals surface area contributed by atoms with E-state index in [0.29, 0.717) is 13.0 Å². The molecule has 1 aromatic carbocycles. The molecule has 0 bridgehead atoms. The number of carbonyl (C=O) groups is 5. The average molecular weight is 547 g/mol. The summed E-state index contributed by atoms with van der Waals surface area (Å²) in [6.45, 7) is 0.861. The van der Waals surface area contributed by atoms with Crippen LogP contribution in [0.5, 0.6) is 0 Å². The molecule has 0 saturated carbocycles. The largest absolute Gasteiger partial charge is 0.480 e. The van der Waals surface area contributed by atoms with Gasteiger partial charge in [-0.1, -0.05) is 30.3 Å². The molecule has 11 N–H and O–H groups in total. The Labute approximate surface area is 226 Å². The van der Waals surface area contributed by atoms with E-state index in [2.05, 4.69) is 26.3 Å². The molecule has 39 heavy (non-hydrogen) atoms. The molecule has 4 amide bonds. The van der Waals surface area contributed by atoms with E-state index in [1.165, 1.54) is 0 Å². The number of nitrogens with one attached hydrogen (secondary N) is 4. The van der Waals surface area contributed by atoms with Crippen molar-refractivity contribution in [3.63, 3.8) is 0 Å². The second kappa shape index (κ2) is 15.9. The van der Waals surface area contributed by atoms with Gasteiger partial charge in [-0.3, -0.25) is 24.2 Å². The Morgan fingerprint density at radius 3 is 2.21 bits per heavy atom. The van der Waals surface area contributed by atoms with Crippen LogP contribution in [0.3, 0.4) is 0 Å². The van der Waals surface area contributed by atoms with Gasteiger partial charge in [-0.15, -0.1) is 0 Å². The van der Waals surface area contributed by atoms with Crippen LogP contribution in [0.4, 0.5) is 0 Å². The van der Waals surface area contributed by atoms with E-state index in [0.717, 1.165) is 12.0 Å². The van der Waals surface area contributed by atoms with Gasteiger partial charge in [0.25, 0.3) is 0 Å². The lowest BCUT2D eigenvalue weighted by Gasteiger charge is -2.25. The van der Waals surface area contributed by atoms with Crippen molar-refractivity contribution in [2.24, 2.45) is 22.2 Å². The lowest BCUT2D eigenvalue weighted by molar-refractivity contribution is -0.142. The molecule has 0 spiro atoms. The van der Waals surface area contributed by atoms with Gasteiger partial charge in [-0.25, -0.2) is 4.79 Å². The SMILES string of the molecule is NC(=O)CCC(NC(=O)C(Cc1ccccc1)NC(=O)C1CCCN1)C(=O)NC(CCCN=C(N)N)C(=O)O. The van der Waals surface area contributed by atoms with Gasteiger partial charge in [-0.05, 0) is 44.2 Å². The van der Waals surface area contributed by atoms with E-state index in [9.17, 15) is 29.1 Å². The van der Waals surface area contributed by atoms with Crippen LogP contribution < -0.4 is 38.5 Å². The smallest absolute Gasteiger partial charge is 0.326 e. The quantitative estimate of drug-likeness (QED) is 0.0638. The van der Waals surface area contributed by atoms with Gasteiger partial charge in [0.1, 0.15) is 18.1 Å². The molecule has 14 nitrogen and oxygen atoms in total. The second-order valence-corrected chi connectivity index (χ2v) is 9.31. The lowest BCUT2D eigenvalue weighted by atomic mass is 10.0. The molecule has 0 aromatic heterocycles. The first-order valence-electron chi connectivity index (χ1n) is 12.8. The standard InChI is InChI=1S/C25H38N8O6/c26-20(34)11-10-17(22(36)32-18(24(38)39)9-5-13-30-25(27)28)31-23(37)19(14-15-6-2-1-3-7-15)33-21(35)16-8-4-12-29-16/h1-3,6-7,16-19,29H,4-5,8-14H2,(H2,26,34)(H,31,37)(H,32,36)(H,33,35)(H,38,39)(H4,27,28,30). The summed E-state index contributed by atoms with van der Waals surface area (Å²) >= 11 is 0. The van der Waals surface area contributed by atoms with Gasteiger partial charge in [-0.2, -0.15) is 0 Å². The van der Waals surface area contributed by atoms with Crippen LogP contribution in [0, 0.1) is 0 Å². The van der Waals surface area contributed by atoms with Crippen LogP contribution in [0.15, 0.2) is 35.3 Å². The van der Waals surface area contributed by atoms with Crippen molar-refractivity contribution in [3.8, 4) is 0 Å². The molecule has 1 saturated heterocycles. The highest BCUT2D eigenvalue weighted by Gasteiger charge is 2.31. The average Bonchev–Trinajstić information content (AvgIpc) is 3.43. The number of nitrogens with zero attached hydrogens (tertiary/aromatic N) is 1. The van der Waals surface area contributed by atoms with E-state index >= 15 is 0 Å². The fourth-order valence-corrected chi connectivity index (χ4v) is 4.10. The van der Waals surface area contributed by atoms with Crippen LogP contribution in [0.25, 0.3) is 0 Å². The number of hydrogen-bond donors (Lipinski definition) is 8. The minimum Gasteiger partial charge on any atom is -0.480 e. The number of hydrogen-bond acceptors (Lipinski definition) is 7. The van der Waals surface area contributed by atoms with Gasteiger partial charge in [0.2, 0.25) is 23.6 Å². The highest BCUT2D eigenvalue weighted by Crippen LogP contribution is 2.09. The minimum atomic E-state index is -1.29. The summed E-state index contributed by atoms with van der Waals surface area (Å²) in [7, 11) is 0. The normalized spacial score (nSPS) is 16.8. The van der Waals surface area contributed by atoms with Gasteiger partial charge < -0.3 is 43.6 Å². The number of carboxylic acids is 1. The number of aliphatic carboxylic acids is 1. The number of aliphatic imine (C=N–C) groups is 1. The van der Waals surface area contributed by atoms with Crippen LogP contribution in [0.2, 0.25) is 0 Å². The number of benzene rings is 1. The van der Waals surface area contributed by atoms with Crippen molar-refractivity contribution in [1.29, 1.82) is 0 Å². The minimum absolute atomic E-state index is 0.0232. The molecule has 2 rings (SSSR count). The Morgan fingerprint density at radius 2 is 1.62 bits per heavy atom. The van der Waals surface area contributed by atoms with Gasteiger partial charge in [0.15, 0.2) is 5.96 Å². The van der Waals surface area contributed by atoms with Gasteiger partial charge in [0.05, 0.1) is 6.04 Å². The number of amides is 4. The Balaban J connectivity index is 2.15. The predicted octanol–water partition coefficient (Wildman–Crippen LogP) is -2.16. The zero-order valence-corrected chi connectivity index (χ0v) is 21.7. The summed E-state index contributed by atoms with van der Waals surface area (Å²) in [4.78, 5) is 66.1. The van der Waals surface area contributed by atoms with E-state index in [4.69, 9.17) is 17.2 Å². The first-order chi connectivity index (χ1) is 18.6. The molecule has 0 radical (unpaired) electrons. The molecule has 0 aliphatic carbocycles. The summed E-state index contributed by atoms with van der Waals surface area (Å²) in [6.07, 6.45) is 1.52. The van der Waals surface area contributed by atoms with Crippen LogP contribution in [-0.4, -0.2) is 77.9 Å². The van der Waals surface area contributed by atoms with E-state index in [1.807, 2.05) is 6.07 Å². The number of carboxylic acid groups (broad SMARTS) is 1. The van der Waals surface area contributed by atoms with E-state index < -0.39 is 47.9 Å². The second-order valence-electron chi connectivity index (χ2n) is 9.31. The van der Waals surface area contributed by atoms with Crippen molar-refractivity contribution in [2.75, 3.05) is 13.1 Å². The molecule has 1 aliphatic heterocycles. The molecule has 1 heterocycles. The first-order valence-corrected chi connectivity index (χ1v) is 12.8. The maximum Gasteiger partial charge on any atom is 0.326 e. The Hall–Kier alpha value is -4.20. The fourth-order valence-electron chi connectivity index (χ4n) is 4.10. The number of nitrogens with two attached hydrogens (primary N) is 3. The molecule has 1 aliphatic rings. The molecule has 1 aromatic rings.